The molecule has 0 radical (unpaired) electrons. The van der Waals surface area contributed by atoms with Crippen molar-refractivity contribution in [3.05, 3.63) is 26.7 Å². The second-order valence-electron chi connectivity index (χ2n) is 5.44. The van der Waals surface area contributed by atoms with Gasteiger partial charge >= 0.3 is 0 Å². The van der Waals surface area contributed by atoms with E-state index in [1.807, 2.05) is 12.1 Å². The summed E-state index contributed by atoms with van der Waals surface area (Å²) in [5.74, 6) is 0. The first-order valence-electron chi connectivity index (χ1n) is 6.64. The number of benzene rings is 1. The molecule has 2 aliphatic rings. The number of halogens is 3. The van der Waals surface area contributed by atoms with E-state index in [9.17, 15) is 0 Å². The molecule has 1 N–H and O–H groups in total. The lowest BCUT2D eigenvalue weighted by molar-refractivity contribution is -0.130. The van der Waals surface area contributed by atoms with Gasteiger partial charge < -0.3 is 10.1 Å². The zero-order chi connectivity index (χ0) is 13.5. The summed E-state index contributed by atoms with van der Waals surface area (Å²) in [7, 11) is 0. The van der Waals surface area contributed by atoms with Crippen molar-refractivity contribution in [1.29, 1.82) is 0 Å². The van der Waals surface area contributed by atoms with Gasteiger partial charge in [0, 0.05) is 17.1 Å². The SMILES string of the molecule is Clc1c(Br)ccc(NC2CCOC3(CCC3)C2)c1Cl. The van der Waals surface area contributed by atoms with Gasteiger partial charge in [-0.2, -0.15) is 0 Å². The lowest BCUT2D eigenvalue weighted by Gasteiger charge is -2.47. The molecule has 2 nitrogen and oxygen atoms in total. The Labute approximate surface area is 131 Å². The molecule has 1 aromatic carbocycles. The van der Waals surface area contributed by atoms with Crippen molar-refractivity contribution in [2.45, 2.75) is 43.7 Å². The van der Waals surface area contributed by atoms with E-state index < -0.39 is 0 Å². The molecule has 104 valence electrons. The summed E-state index contributed by atoms with van der Waals surface area (Å²) in [4.78, 5) is 0. The molecule has 1 spiro atoms. The number of hydrogen-bond donors (Lipinski definition) is 1. The maximum Gasteiger partial charge on any atom is 0.0835 e. The Morgan fingerprint density at radius 1 is 1.26 bits per heavy atom. The van der Waals surface area contributed by atoms with Crippen LogP contribution in [0, 0.1) is 0 Å². The van der Waals surface area contributed by atoms with E-state index in [-0.39, 0.29) is 5.60 Å². The molecule has 19 heavy (non-hydrogen) atoms. The standard InChI is InChI=1S/C14H16BrCl2NO/c15-10-2-3-11(13(17)12(10)16)18-9-4-7-19-14(8-9)5-1-6-14/h2-3,9,18H,1,4-8H2. The summed E-state index contributed by atoms with van der Waals surface area (Å²) in [6.07, 6.45) is 5.76. The first kappa shape index (κ1) is 14.0. The van der Waals surface area contributed by atoms with Crippen molar-refractivity contribution in [3.8, 4) is 0 Å². The molecule has 1 saturated heterocycles. The number of ether oxygens (including phenoxy) is 1. The third-order valence-electron chi connectivity index (χ3n) is 4.15. The van der Waals surface area contributed by atoms with E-state index in [0.29, 0.717) is 16.1 Å². The molecule has 2 fully saturated rings. The molecule has 0 amide bonds. The van der Waals surface area contributed by atoms with Gasteiger partial charge in [-0.1, -0.05) is 23.2 Å². The Kier molecular flexibility index (Phi) is 4.01. The van der Waals surface area contributed by atoms with Crippen LogP contribution in [0.4, 0.5) is 5.69 Å². The fourth-order valence-corrected chi connectivity index (χ4v) is 3.76. The summed E-state index contributed by atoms with van der Waals surface area (Å²) in [6, 6.07) is 4.32. The highest BCUT2D eigenvalue weighted by atomic mass is 79.9. The van der Waals surface area contributed by atoms with Crippen LogP contribution >= 0.6 is 39.1 Å². The Bertz CT molecular complexity index is 491. The molecule has 1 unspecified atom stereocenters. The topological polar surface area (TPSA) is 21.3 Å². The van der Waals surface area contributed by atoms with Crippen LogP contribution in [0.25, 0.3) is 0 Å². The van der Waals surface area contributed by atoms with Gasteiger partial charge in [0.15, 0.2) is 0 Å². The predicted octanol–water partition coefficient (Wildman–Crippen LogP) is 5.27. The highest BCUT2D eigenvalue weighted by molar-refractivity contribution is 9.10. The van der Waals surface area contributed by atoms with Crippen molar-refractivity contribution in [2.75, 3.05) is 11.9 Å². The molecule has 1 heterocycles. The Hall–Kier alpha value is 0.0400. The van der Waals surface area contributed by atoms with Crippen LogP contribution in [0.5, 0.6) is 0 Å². The predicted molar refractivity (Wildman–Crippen MR) is 83.3 cm³/mol. The number of nitrogens with one attached hydrogen (secondary N) is 1. The number of hydrogen-bond acceptors (Lipinski definition) is 2. The van der Waals surface area contributed by atoms with E-state index in [4.69, 9.17) is 27.9 Å². The van der Waals surface area contributed by atoms with E-state index in [1.54, 1.807) is 0 Å². The van der Waals surface area contributed by atoms with Crippen LogP contribution in [-0.4, -0.2) is 18.2 Å². The molecule has 3 rings (SSSR count). The molecule has 0 bridgehead atoms. The maximum atomic E-state index is 6.28. The van der Waals surface area contributed by atoms with Gasteiger partial charge in [-0.15, -0.1) is 0 Å². The van der Waals surface area contributed by atoms with Crippen molar-refractivity contribution in [3.63, 3.8) is 0 Å². The molecule has 0 aromatic heterocycles. The van der Waals surface area contributed by atoms with Crippen LogP contribution in [0.15, 0.2) is 16.6 Å². The molecule has 5 heteroatoms. The van der Waals surface area contributed by atoms with E-state index in [1.165, 1.54) is 19.3 Å². The largest absolute Gasteiger partial charge is 0.381 e. The smallest absolute Gasteiger partial charge is 0.0835 e. The van der Waals surface area contributed by atoms with Gasteiger partial charge in [0.05, 0.1) is 21.3 Å². The third-order valence-corrected chi connectivity index (χ3v) is 5.92. The first-order valence-corrected chi connectivity index (χ1v) is 8.19. The van der Waals surface area contributed by atoms with Crippen molar-refractivity contribution < 1.29 is 4.74 Å². The van der Waals surface area contributed by atoms with Gasteiger partial charge in [-0.05, 0) is 60.2 Å². The fourth-order valence-electron chi connectivity index (χ4n) is 2.93. The average Bonchev–Trinajstić information content (AvgIpc) is 2.38. The second kappa shape index (κ2) is 5.44. The molecule has 1 atom stereocenters. The van der Waals surface area contributed by atoms with Gasteiger partial charge in [-0.25, -0.2) is 0 Å². The van der Waals surface area contributed by atoms with Crippen molar-refractivity contribution in [2.24, 2.45) is 0 Å². The van der Waals surface area contributed by atoms with Crippen LogP contribution in [0.2, 0.25) is 10.0 Å². The minimum absolute atomic E-state index is 0.140. The third kappa shape index (κ3) is 2.76. The second-order valence-corrected chi connectivity index (χ2v) is 7.05. The Balaban J connectivity index is 1.73. The first-order chi connectivity index (χ1) is 9.10. The van der Waals surface area contributed by atoms with Crippen LogP contribution < -0.4 is 5.32 Å². The maximum absolute atomic E-state index is 6.28. The Morgan fingerprint density at radius 3 is 2.74 bits per heavy atom. The zero-order valence-electron chi connectivity index (χ0n) is 10.5. The van der Waals surface area contributed by atoms with Crippen LogP contribution in [0.1, 0.15) is 32.1 Å². The van der Waals surface area contributed by atoms with E-state index >= 15 is 0 Å². The minimum atomic E-state index is 0.140. The lowest BCUT2D eigenvalue weighted by atomic mass is 9.74. The van der Waals surface area contributed by atoms with Crippen LogP contribution in [-0.2, 0) is 4.74 Å². The summed E-state index contributed by atoms with van der Waals surface area (Å²) in [5, 5.41) is 4.68. The number of anilines is 1. The minimum Gasteiger partial charge on any atom is -0.381 e. The molecule has 1 saturated carbocycles. The Morgan fingerprint density at radius 2 is 2.05 bits per heavy atom. The fraction of sp³-hybridized carbons (Fsp3) is 0.571. The van der Waals surface area contributed by atoms with Gasteiger partial charge in [-0.3, -0.25) is 0 Å². The lowest BCUT2D eigenvalue weighted by Crippen LogP contribution is -2.49. The van der Waals surface area contributed by atoms with Crippen molar-refractivity contribution in [1.82, 2.24) is 0 Å². The molecular weight excluding hydrogens is 349 g/mol. The zero-order valence-corrected chi connectivity index (χ0v) is 13.6. The van der Waals surface area contributed by atoms with E-state index in [2.05, 4.69) is 21.2 Å². The summed E-state index contributed by atoms with van der Waals surface area (Å²) >= 11 is 15.8. The van der Waals surface area contributed by atoms with Crippen LogP contribution in [0.3, 0.4) is 0 Å². The van der Waals surface area contributed by atoms with Gasteiger partial charge in [0.25, 0.3) is 0 Å². The molecular formula is C14H16BrCl2NO. The average molecular weight is 365 g/mol. The normalized spacial score (nSPS) is 25.1. The highest BCUT2D eigenvalue weighted by Gasteiger charge is 2.42. The van der Waals surface area contributed by atoms with Crippen molar-refractivity contribution >= 4 is 44.8 Å². The number of rotatable bonds is 2. The summed E-state index contributed by atoms with van der Waals surface area (Å²) in [5.41, 5.74) is 1.05. The monoisotopic (exact) mass is 363 g/mol. The van der Waals surface area contributed by atoms with Gasteiger partial charge in [0.2, 0.25) is 0 Å². The van der Waals surface area contributed by atoms with E-state index in [0.717, 1.165) is 29.6 Å². The molecule has 1 aromatic rings. The highest BCUT2D eigenvalue weighted by Crippen LogP contribution is 2.43. The molecule has 1 aliphatic heterocycles. The molecule has 1 aliphatic carbocycles. The van der Waals surface area contributed by atoms with Gasteiger partial charge in [0.1, 0.15) is 0 Å². The summed E-state index contributed by atoms with van der Waals surface area (Å²) in [6.45, 7) is 0.833. The summed E-state index contributed by atoms with van der Waals surface area (Å²) < 4.78 is 6.76. The quantitative estimate of drug-likeness (QED) is 0.721.